The van der Waals surface area contributed by atoms with Crippen molar-refractivity contribution in [2.24, 2.45) is 10.9 Å². The van der Waals surface area contributed by atoms with Gasteiger partial charge in [-0.15, -0.1) is 0 Å². The fraction of sp³-hybridized carbons (Fsp3) is 0.769. The second-order valence-electron chi connectivity index (χ2n) is 4.88. The first-order chi connectivity index (χ1) is 8.26. The molecule has 2 unspecified atom stereocenters. The summed E-state index contributed by atoms with van der Waals surface area (Å²) in [5.41, 5.74) is 4.04. The van der Waals surface area contributed by atoms with Gasteiger partial charge in [-0.2, -0.15) is 12.6 Å². The molecule has 4 heteroatoms. The molecule has 0 aromatic rings. The minimum Gasteiger partial charge on any atom is -0.367 e. The Balaban J connectivity index is 2.13. The fourth-order valence-corrected chi connectivity index (χ4v) is 3.01. The van der Waals surface area contributed by atoms with Crippen LogP contribution in [0.15, 0.2) is 16.3 Å². The Labute approximate surface area is 110 Å². The van der Waals surface area contributed by atoms with E-state index in [-0.39, 0.29) is 6.17 Å². The highest BCUT2D eigenvalue weighted by molar-refractivity contribution is 7.80. The lowest BCUT2D eigenvalue weighted by atomic mass is 9.94. The second-order valence-corrected chi connectivity index (χ2v) is 5.32. The van der Waals surface area contributed by atoms with E-state index in [1.54, 1.807) is 0 Å². The van der Waals surface area contributed by atoms with Gasteiger partial charge in [0.15, 0.2) is 0 Å². The van der Waals surface area contributed by atoms with Crippen molar-refractivity contribution in [2.45, 2.75) is 39.3 Å². The highest BCUT2D eigenvalue weighted by Crippen LogP contribution is 2.24. The number of rotatable bonds is 4. The number of aliphatic imine (C=N–C) groups is 1. The summed E-state index contributed by atoms with van der Waals surface area (Å²) in [5.74, 6) is 1.54. The molecule has 2 aliphatic heterocycles. The fourth-order valence-electron chi connectivity index (χ4n) is 2.68. The Morgan fingerprint density at radius 1 is 1.53 bits per heavy atom. The van der Waals surface area contributed by atoms with Crippen LogP contribution in [0.2, 0.25) is 0 Å². The second kappa shape index (κ2) is 5.91. The largest absolute Gasteiger partial charge is 0.367 e. The van der Waals surface area contributed by atoms with Crippen molar-refractivity contribution in [3.05, 3.63) is 11.3 Å². The average molecular weight is 253 g/mol. The molecule has 0 radical (unpaired) electrons. The van der Waals surface area contributed by atoms with Crippen LogP contribution in [0.3, 0.4) is 0 Å². The summed E-state index contributed by atoms with van der Waals surface area (Å²) in [7, 11) is 0. The van der Waals surface area contributed by atoms with Crippen LogP contribution >= 0.6 is 12.6 Å². The van der Waals surface area contributed by atoms with Gasteiger partial charge in [0.25, 0.3) is 0 Å². The molecule has 0 spiro atoms. The van der Waals surface area contributed by atoms with E-state index in [0.717, 1.165) is 38.1 Å². The minimum atomic E-state index is 0.255. The van der Waals surface area contributed by atoms with Crippen LogP contribution in [0, 0.1) is 5.92 Å². The molecule has 1 fully saturated rings. The molecule has 0 amide bonds. The summed E-state index contributed by atoms with van der Waals surface area (Å²) in [5, 5.41) is 6.99. The zero-order valence-corrected chi connectivity index (χ0v) is 11.7. The molecular formula is C13H23N3S. The predicted molar refractivity (Wildman–Crippen MR) is 76.8 cm³/mol. The molecule has 2 heterocycles. The standard InChI is InChI=1S/C13H23N3S/c1-3-10(5-7-17)13-15-9(2)11-4-6-14-8-12(11)16-13/h10,13-15,17H,3-8H2,1-2H3. The van der Waals surface area contributed by atoms with Gasteiger partial charge >= 0.3 is 0 Å². The normalized spacial score (nSPS) is 26.1. The van der Waals surface area contributed by atoms with Crippen molar-refractivity contribution in [2.75, 3.05) is 18.8 Å². The number of hydrogen-bond acceptors (Lipinski definition) is 4. The molecule has 2 N–H and O–H groups in total. The van der Waals surface area contributed by atoms with Crippen LogP contribution in [-0.2, 0) is 0 Å². The van der Waals surface area contributed by atoms with Crippen LogP contribution in [0.5, 0.6) is 0 Å². The summed E-state index contributed by atoms with van der Waals surface area (Å²) in [4.78, 5) is 4.90. The summed E-state index contributed by atoms with van der Waals surface area (Å²) in [6, 6.07) is 0. The number of hydrogen-bond donors (Lipinski definition) is 3. The van der Waals surface area contributed by atoms with E-state index in [9.17, 15) is 0 Å². The van der Waals surface area contributed by atoms with Gasteiger partial charge in [0, 0.05) is 12.2 Å². The van der Waals surface area contributed by atoms with Crippen molar-refractivity contribution in [1.29, 1.82) is 0 Å². The van der Waals surface area contributed by atoms with Gasteiger partial charge in [0.2, 0.25) is 0 Å². The molecule has 0 bridgehead atoms. The number of nitrogens with zero attached hydrogens (tertiary/aromatic N) is 1. The summed E-state index contributed by atoms with van der Waals surface area (Å²) < 4.78 is 0. The number of allylic oxidation sites excluding steroid dienone is 1. The zero-order chi connectivity index (χ0) is 12.3. The average Bonchev–Trinajstić information content (AvgIpc) is 2.36. The third-order valence-corrected chi connectivity index (χ3v) is 4.03. The lowest BCUT2D eigenvalue weighted by molar-refractivity contribution is 0.360. The highest BCUT2D eigenvalue weighted by Gasteiger charge is 2.26. The molecule has 0 aliphatic carbocycles. The predicted octanol–water partition coefficient (Wildman–Crippen LogP) is 1.97. The van der Waals surface area contributed by atoms with Gasteiger partial charge in [-0.1, -0.05) is 6.92 Å². The van der Waals surface area contributed by atoms with Crippen LogP contribution in [0.1, 0.15) is 33.1 Å². The van der Waals surface area contributed by atoms with Gasteiger partial charge in [-0.05, 0) is 50.0 Å². The quantitative estimate of drug-likeness (QED) is 0.670. The van der Waals surface area contributed by atoms with E-state index in [1.807, 2.05) is 0 Å². The monoisotopic (exact) mass is 253 g/mol. The minimum absolute atomic E-state index is 0.255. The molecular weight excluding hydrogens is 230 g/mol. The first kappa shape index (κ1) is 13.0. The summed E-state index contributed by atoms with van der Waals surface area (Å²) in [6.45, 7) is 6.44. The van der Waals surface area contributed by atoms with Crippen LogP contribution in [-0.4, -0.2) is 30.7 Å². The van der Waals surface area contributed by atoms with E-state index in [4.69, 9.17) is 4.99 Å². The molecule has 2 rings (SSSR count). The molecule has 0 aromatic heterocycles. The zero-order valence-electron chi connectivity index (χ0n) is 10.8. The molecule has 2 atom stereocenters. The van der Waals surface area contributed by atoms with Crippen molar-refractivity contribution >= 4 is 18.3 Å². The molecule has 2 aliphatic rings. The Kier molecular flexibility index (Phi) is 4.51. The topological polar surface area (TPSA) is 36.4 Å². The van der Waals surface area contributed by atoms with Crippen molar-refractivity contribution in [1.82, 2.24) is 10.6 Å². The number of nitrogens with one attached hydrogen (secondary N) is 2. The number of thiol groups is 1. The number of fused-ring (bicyclic) bond motifs is 1. The first-order valence-corrected chi connectivity index (χ1v) is 7.24. The molecule has 0 aromatic carbocycles. The Bertz CT molecular complexity index is 336. The van der Waals surface area contributed by atoms with E-state index in [2.05, 4.69) is 37.1 Å². The third-order valence-electron chi connectivity index (χ3n) is 3.78. The Hall–Kier alpha value is -0.480. The SMILES string of the molecule is CCC(CCS)C1N=C2CNCCC2=C(C)N1. The van der Waals surface area contributed by atoms with E-state index in [1.165, 1.54) is 17.0 Å². The molecule has 17 heavy (non-hydrogen) atoms. The molecule has 1 saturated heterocycles. The van der Waals surface area contributed by atoms with E-state index < -0.39 is 0 Å². The van der Waals surface area contributed by atoms with Gasteiger partial charge in [-0.3, -0.25) is 4.99 Å². The highest BCUT2D eigenvalue weighted by atomic mass is 32.1. The van der Waals surface area contributed by atoms with E-state index in [0.29, 0.717) is 5.92 Å². The molecule has 0 saturated carbocycles. The van der Waals surface area contributed by atoms with E-state index >= 15 is 0 Å². The van der Waals surface area contributed by atoms with Gasteiger partial charge < -0.3 is 10.6 Å². The van der Waals surface area contributed by atoms with Crippen LogP contribution in [0.25, 0.3) is 0 Å². The van der Waals surface area contributed by atoms with Crippen LogP contribution in [0.4, 0.5) is 0 Å². The Morgan fingerprint density at radius 2 is 2.35 bits per heavy atom. The van der Waals surface area contributed by atoms with Crippen molar-refractivity contribution < 1.29 is 0 Å². The maximum absolute atomic E-state index is 4.90. The maximum atomic E-state index is 4.90. The Morgan fingerprint density at radius 3 is 3.06 bits per heavy atom. The summed E-state index contributed by atoms with van der Waals surface area (Å²) >= 11 is 4.35. The van der Waals surface area contributed by atoms with Crippen LogP contribution < -0.4 is 10.6 Å². The first-order valence-electron chi connectivity index (χ1n) is 6.61. The summed E-state index contributed by atoms with van der Waals surface area (Å²) in [6.07, 6.45) is 3.65. The van der Waals surface area contributed by atoms with Crippen molar-refractivity contribution in [3.63, 3.8) is 0 Å². The lowest BCUT2D eigenvalue weighted by Gasteiger charge is -2.33. The maximum Gasteiger partial charge on any atom is 0.121 e. The van der Waals surface area contributed by atoms with Gasteiger partial charge in [-0.25, -0.2) is 0 Å². The smallest absolute Gasteiger partial charge is 0.121 e. The molecule has 3 nitrogen and oxygen atoms in total. The molecule has 96 valence electrons. The number of piperidine rings is 1. The lowest BCUT2D eigenvalue weighted by Crippen LogP contribution is -2.43. The van der Waals surface area contributed by atoms with Gasteiger partial charge in [0.1, 0.15) is 6.17 Å². The third kappa shape index (κ3) is 2.86. The van der Waals surface area contributed by atoms with Crippen molar-refractivity contribution in [3.8, 4) is 0 Å². The van der Waals surface area contributed by atoms with Gasteiger partial charge in [0.05, 0.1) is 5.71 Å².